The van der Waals surface area contributed by atoms with Crippen molar-refractivity contribution in [1.82, 2.24) is 0 Å². The fraction of sp³-hybridized carbons (Fsp3) is 0.833. The minimum absolute atomic E-state index is 0.230. The van der Waals surface area contributed by atoms with Crippen molar-refractivity contribution >= 4 is 11.6 Å². The Bertz CT molecular complexity index is 231. The third-order valence-corrected chi connectivity index (χ3v) is 2.38. The van der Waals surface area contributed by atoms with Crippen LogP contribution in [0.4, 0.5) is 0 Å². The molecule has 0 spiro atoms. The smallest absolute Gasteiger partial charge is 0.204 e. The molecule has 0 heterocycles. The van der Waals surface area contributed by atoms with E-state index in [2.05, 4.69) is 0 Å². The van der Waals surface area contributed by atoms with Gasteiger partial charge in [-0.25, -0.2) is 0 Å². The van der Waals surface area contributed by atoms with Crippen molar-refractivity contribution < 1.29 is 9.59 Å². The van der Waals surface area contributed by atoms with E-state index in [9.17, 15) is 9.59 Å². The number of Topliss-reactive ketones (excluding diaryl/α,β-unsaturated/α-hetero) is 2. The van der Waals surface area contributed by atoms with Crippen LogP contribution in [0.1, 0.15) is 54.4 Å². The van der Waals surface area contributed by atoms with Crippen molar-refractivity contribution in [2.24, 2.45) is 10.8 Å². The summed E-state index contributed by atoms with van der Waals surface area (Å²) >= 11 is 0. The summed E-state index contributed by atoms with van der Waals surface area (Å²) < 4.78 is 0. The molecule has 0 aromatic rings. The van der Waals surface area contributed by atoms with E-state index in [1.165, 1.54) is 0 Å². The molecule has 0 amide bonds. The first-order valence-electron chi connectivity index (χ1n) is 5.22. The maximum absolute atomic E-state index is 11.9. The summed E-state index contributed by atoms with van der Waals surface area (Å²) in [6, 6.07) is 0. The zero-order chi connectivity index (χ0) is 11.6. The van der Waals surface area contributed by atoms with Gasteiger partial charge in [-0.3, -0.25) is 9.59 Å². The van der Waals surface area contributed by atoms with Crippen LogP contribution in [-0.4, -0.2) is 11.6 Å². The van der Waals surface area contributed by atoms with Gasteiger partial charge in [0.1, 0.15) is 0 Å². The molecule has 0 N–H and O–H groups in total. The van der Waals surface area contributed by atoms with E-state index in [1.54, 1.807) is 20.8 Å². The first kappa shape index (κ1) is 13.3. The second kappa shape index (κ2) is 4.24. The predicted molar refractivity (Wildman–Crippen MR) is 58.2 cm³/mol. The van der Waals surface area contributed by atoms with E-state index in [0.29, 0.717) is 0 Å². The van der Waals surface area contributed by atoms with Gasteiger partial charge in [-0.15, -0.1) is 0 Å². The quantitative estimate of drug-likeness (QED) is 0.651. The molecule has 0 rings (SSSR count). The normalized spacial score (nSPS) is 12.7. The molecular weight excluding hydrogens is 176 g/mol. The average molecular weight is 198 g/mol. The molecule has 0 fully saturated rings. The number of ketones is 2. The van der Waals surface area contributed by atoms with Crippen LogP contribution >= 0.6 is 0 Å². The lowest BCUT2D eigenvalue weighted by atomic mass is 9.75. The molecule has 0 aromatic heterocycles. The van der Waals surface area contributed by atoms with Gasteiger partial charge in [0.15, 0.2) is 0 Å². The number of rotatable bonds is 4. The van der Waals surface area contributed by atoms with Crippen molar-refractivity contribution in [1.29, 1.82) is 0 Å². The molecule has 0 aliphatic carbocycles. The van der Waals surface area contributed by atoms with Crippen molar-refractivity contribution in [2.45, 2.75) is 54.4 Å². The van der Waals surface area contributed by atoms with Gasteiger partial charge in [0.2, 0.25) is 11.6 Å². The van der Waals surface area contributed by atoms with Gasteiger partial charge in [-0.1, -0.05) is 48.0 Å². The highest BCUT2D eigenvalue weighted by Crippen LogP contribution is 2.28. The van der Waals surface area contributed by atoms with Crippen LogP contribution < -0.4 is 0 Å². The maximum Gasteiger partial charge on any atom is 0.204 e. The molecule has 82 valence electrons. The average Bonchev–Trinajstić information content (AvgIpc) is 2.00. The lowest BCUT2D eigenvalue weighted by Gasteiger charge is -2.25. The van der Waals surface area contributed by atoms with E-state index < -0.39 is 10.8 Å². The minimum atomic E-state index is -0.553. The highest BCUT2D eigenvalue weighted by Gasteiger charge is 2.37. The fourth-order valence-electron chi connectivity index (χ4n) is 1.39. The Hall–Kier alpha value is -0.660. The molecule has 0 aliphatic rings. The summed E-state index contributed by atoms with van der Waals surface area (Å²) in [4.78, 5) is 23.6. The number of hydrogen-bond acceptors (Lipinski definition) is 2. The zero-order valence-electron chi connectivity index (χ0n) is 10.2. The first-order valence-corrected chi connectivity index (χ1v) is 5.22. The van der Waals surface area contributed by atoms with Crippen LogP contribution in [0.25, 0.3) is 0 Å². The molecule has 0 radical (unpaired) electrons. The van der Waals surface area contributed by atoms with Gasteiger partial charge in [0.05, 0.1) is 0 Å². The fourth-order valence-corrected chi connectivity index (χ4v) is 1.39. The molecule has 0 saturated carbocycles. The van der Waals surface area contributed by atoms with Crippen LogP contribution in [-0.2, 0) is 9.59 Å². The predicted octanol–water partition coefficient (Wildman–Crippen LogP) is 3.00. The molecule has 0 unspecified atom stereocenters. The Morgan fingerprint density at radius 3 is 1.64 bits per heavy atom. The number of hydrogen-bond donors (Lipinski definition) is 0. The molecule has 2 nitrogen and oxygen atoms in total. The topological polar surface area (TPSA) is 34.1 Å². The molecule has 0 atom stereocenters. The SMILES string of the molecule is CCCC(C)(C)C(=O)C(=O)C(C)(C)C. The van der Waals surface area contributed by atoms with Crippen molar-refractivity contribution in [3.8, 4) is 0 Å². The molecule has 14 heavy (non-hydrogen) atoms. The van der Waals surface area contributed by atoms with E-state index in [4.69, 9.17) is 0 Å². The second-order valence-corrected chi connectivity index (χ2v) is 5.54. The third-order valence-electron chi connectivity index (χ3n) is 2.38. The Labute approximate surface area is 87.1 Å². The van der Waals surface area contributed by atoms with Crippen LogP contribution in [0, 0.1) is 10.8 Å². The van der Waals surface area contributed by atoms with E-state index in [1.807, 2.05) is 20.8 Å². The molecular formula is C12H22O2. The minimum Gasteiger partial charge on any atom is -0.290 e. The number of carbonyl (C=O) groups is 2. The van der Waals surface area contributed by atoms with Gasteiger partial charge in [0, 0.05) is 10.8 Å². The van der Waals surface area contributed by atoms with Gasteiger partial charge < -0.3 is 0 Å². The lowest BCUT2D eigenvalue weighted by molar-refractivity contribution is -0.146. The van der Waals surface area contributed by atoms with Crippen LogP contribution in [0.3, 0.4) is 0 Å². The van der Waals surface area contributed by atoms with Gasteiger partial charge in [0.25, 0.3) is 0 Å². The largest absolute Gasteiger partial charge is 0.290 e. The summed E-state index contributed by atoms with van der Waals surface area (Å²) in [5.41, 5.74) is -1.05. The van der Waals surface area contributed by atoms with Gasteiger partial charge >= 0.3 is 0 Å². The van der Waals surface area contributed by atoms with Crippen molar-refractivity contribution in [3.63, 3.8) is 0 Å². The zero-order valence-corrected chi connectivity index (χ0v) is 10.2. The summed E-state index contributed by atoms with van der Waals surface area (Å²) in [5.74, 6) is -0.484. The highest BCUT2D eigenvalue weighted by atomic mass is 16.2. The van der Waals surface area contributed by atoms with Crippen molar-refractivity contribution in [3.05, 3.63) is 0 Å². The highest BCUT2D eigenvalue weighted by molar-refractivity contribution is 6.40. The van der Waals surface area contributed by atoms with Crippen molar-refractivity contribution in [2.75, 3.05) is 0 Å². The Morgan fingerprint density at radius 1 is 0.929 bits per heavy atom. The summed E-state index contributed by atoms with van der Waals surface area (Å²) in [5, 5.41) is 0. The Kier molecular flexibility index (Phi) is 4.04. The first-order chi connectivity index (χ1) is 6.13. The summed E-state index contributed by atoms with van der Waals surface area (Å²) in [6.45, 7) is 11.1. The monoisotopic (exact) mass is 198 g/mol. The standard InChI is InChI=1S/C12H22O2/c1-7-8-12(5,6)10(14)9(13)11(2,3)4/h7-8H2,1-6H3. The van der Waals surface area contributed by atoms with Crippen LogP contribution in [0.15, 0.2) is 0 Å². The van der Waals surface area contributed by atoms with E-state index in [0.717, 1.165) is 12.8 Å². The second-order valence-electron chi connectivity index (χ2n) is 5.54. The molecule has 2 heteroatoms. The van der Waals surface area contributed by atoms with E-state index >= 15 is 0 Å². The maximum atomic E-state index is 11.9. The summed E-state index contributed by atoms with van der Waals surface area (Å²) in [6.07, 6.45) is 1.70. The van der Waals surface area contributed by atoms with Gasteiger partial charge in [-0.2, -0.15) is 0 Å². The lowest BCUT2D eigenvalue weighted by Crippen LogP contribution is -2.38. The van der Waals surface area contributed by atoms with E-state index in [-0.39, 0.29) is 11.6 Å². The Balaban J connectivity index is 4.71. The Morgan fingerprint density at radius 2 is 1.36 bits per heavy atom. The molecule has 0 saturated heterocycles. The van der Waals surface area contributed by atoms with Crippen LogP contribution in [0.5, 0.6) is 0 Å². The van der Waals surface area contributed by atoms with Crippen LogP contribution in [0.2, 0.25) is 0 Å². The summed E-state index contributed by atoms with van der Waals surface area (Å²) in [7, 11) is 0. The molecule has 0 bridgehead atoms. The molecule has 0 aromatic carbocycles. The number of carbonyl (C=O) groups excluding carboxylic acids is 2. The third kappa shape index (κ3) is 3.24. The molecule has 0 aliphatic heterocycles. The van der Waals surface area contributed by atoms with Gasteiger partial charge in [-0.05, 0) is 6.42 Å².